The normalized spacial score (nSPS) is 11.6. The molecule has 0 aromatic heterocycles. The van der Waals surface area contributed by atoms with Gasteiger partial charge in [-0.1, -0.05) is 6.42 Å². The zero-order valence-electron chi connectivity index (χ0n) is 10.8. The molecule has 0 spiro atoms. The van der Waals surface area contributed by atoms with Gasteiger partial charge in [-0.3, -0.25) is 4.79 Å². The van der Waals surface area contributed by atoms with Crippen LogP contribution in [0.4, 0.5) is 4.79 Å². The zero-order chi connectivity index (χ0) is 14.7. The van der Waals surface area contributed by atoms with Crippen LogP contribution in [0, 0.1) is 0 Å². The number of unbranched alkanes of at least 4 members (excludes halogenated alkanes) is 2. The molecule has 0 aromatic rings. The van der Waals surface area contributed by atoms with E-state index in [4.69, 9.17) is 10.2 Å². The minimum atomic E-state index is -1.41. The summed E-state index contributed by atoms with van der Waals surface area (Å²) in [5, 5.41) is 21.9. The molecular formula is C11H20N2O5S. The Balaban J connectivity index is 3.81. The number of urea groups is 1. The highest BCUT2D eigenvalue weighted by Crippen LogP contribution is 2.01. The molecule has 7 nitrogen and oxygen atoms in total. The standard InChI is InChI=1S/C11H20N2O5S/c1-19-6-4-2-3-5-12-11(18)13-8(10(16)17)7-9(14)15/h8H,2-7H2,1H3,(H,14,15)(H,16,17)(H2,12,13,18)/t8-/m0/s1. The molecule has 0 aromatic carbocycles. The first kappa shape index (κ1) is 17.6. The lowest BCUT2D eigenvalue weighted by atomic mass is 10.2. The number of nitrogens with one attached hydrogen (secondary N) is 2. The van der Waals surface area contributed by atoms with Gasteiger partial charge in [0.2, 0.25) is 0 Å². The third-order valence-corrected chi connectivity index (χ3v) is 2.99. The lowest BCUT2D eigenvalue weighted by molar-refractivity contribution is -0.145. The van der Waals surface area contributed by atoms with Crippen LogP contribution in [0.15, 0.2) is 0 Å². The fraction of sp³-hybridized carbons (Fsp3) is 0.727. The molecule has 0 fully saturated rings. The third-order valence-electron chi connectivity index (χ3n) is 2.29. The van der Waals surface area contributed by atoms with Crippen molar-refractivity contribution >= 4 is 29.7 Å². The van der Waals surface area contributed by atoms with Crippen molar-refractivity contribution in [2.75, 3.05) is 18.6 Å². The van der Waals surface area contributed by atoms with E-state index < -0.39 is 30.4 Å². The SMILES string of the molecule is CSCCCCCNC(=O)N[C@@H](CC(=O)O)C(=O)O. The van der Waals surface area contributed by atoms with Gasteiger partial charge in [-0.2, -0.15) is 11.8 Å². The number of amides is 2. The van der Waals surface area contributed by atoms with Gasteiger partial charge in [0.15, 0.2) is 0 Å². The maximum absolute atomic E-state index is 11.3. The molecule has 19 heavy (non-hydrogen) atoms. The summed E-state index contributed by atoms with van der Waals surface area (Å²) in [6.07, 6.45) is 4.25. The number of carboxylic acids is 2. The molecule has 0 unspecified atom stereocenters. The number of hydrogen-bond acceptors (Lipinski definition) is 4. The van der Waals surface area contributed by atoms with Gasteiger partial charge < -0.3 is 20.8 Å². The van der Waals surface area contributed by atoms with Crippen LogP contribution in [0.25, 0.3) is 0 Å². The van der Waals surface area contributed by atoms with Crippen molar-refractivity contribution in [1.29, 1.82) is 0 Å². The first-order chi connectivity index (χ1) is 8.97. The summed E-state index contributed by atoms with van der Waals surface area (Å²) in [4.78, 5) is 32.5. The maximum Gasteiger partial charge on any atom is 0.326 e. The van der Waals surface area contributed by atoms with E-state index in [-0.39, 0.29) is 0 Å². The second-order valence-corrected chi connectivity index (χ2v) is 4.93. The Hall–Kier alpha value is -1.44. The average molecular weight is 292 g/mol. The molecule has 0 saturated carbocycles. The first-order valence-electron chi connectivity index (χ1n) is 5.95. The van der Waals surface area contributed by atoms with Crippen LogP contribution < -0.4 is 10.6 Å². The van der Waals surface area contributed by atoms with E-state index in [1.807, 2.05) is 6.26 Å². The Morgan fingerprint density at radius 1 is 1.16 bits per heavy atom. The Labute approximate surface area is 116 Å². The van der Waals surface area contributed by atoms with E-state index >= 15 is 0 Å². The molecule has 0 saturated heterocycles. The first-order valence-corrected chi connectivity index (χ1v) is 7.34. The molecule has 8 heteroatoms. The van der Waals surface area contributed by atoms with Crippen LogP contribution in [0.2, 0.25) is 0 Å². The molecule has 110 valence electrons. The van der Waals surface area contributed by atoms with Gasteiger partial charge in [0.05, 0.1) is 6.42 Å². The summed E-state index contributed by atoms with van der Waals surface area (Å²) in [6, 6.07) is -2.06. The van der Waals surface area contributed by atoms with Gasteiger partial charge in [0, 0.05) is 6.54 Å². The number of carbonyl (C=O) groups excluding carboxylic acids is 1. The molecule has 0 rings (SSSR count). The Bertz CT molecular complexity index is 311. The van der Waals surface area contributed by atoms with Crippen LogP contribution in [0.1, 0.15) is 25.7 Å². The zero-order valence-corrected chi connectivity index (χ0v) is 11.7. The minimum absolute atomic E-state index is 0.444. The molecule has 0 aliphatic carbocycles. The van der Waals surface area contributed by atoms with Crippen LogP contribution in [0.3, 0.4) is 0 Å². The highest BCUT2D eigenvalue weighted by Gasteiger charge is 2.22. The molecule has 0 aliphatic rings. The van der Waals surface area contributed by atoms with Gasteiger partial charge >= 0.3 is 18.0 Å². The fourth-order valence-electron chi connectivity index (χ4n) is 1.33. The Morgan fingerprint density at radius 3 is 2.37 bits per heavy atom. The van der Waals surface area contributed by atoms with Crippen molar-refractivity contribution in [2.24, 2.45) is 0 Å². The Morgan fingerprint density at radius 2 is 1.84 bits per heavy atom. The van der Waals surface area contributed by atoms with E-state index in [0.717, 1.165) is 25.0 Å². The lowest BCUT2D eigenvalue weighted by Gasteiger charge is -2.13. The van der Waals surface area contributed by atoms with Gasteiger partial charge in [0.1, 0.15) is 6.04 Å². The monoisotopic (exact) mass is 292 g/mol. The van der Waals surface area contributed by atoms with E-state index in [9.17, 15) is 14.4 Å². The molecule has 0 bridgehead atoms. The van der Waals surface area contributed by atoms with Crippen LogP contribution in [-0.4, -0.2) is 52.8 Å². The van der Waals surface area contributed by atoms with E-state index in [1.165, 1.54) is 0 Å². The number of thioether (sulfide) groups is 1. The predicted octanol–water partition coefficient (Wildman–Crippen LogP) is 0.747. The number of rotatable bonds is 10. The largest absolute Gasteiger partial charge is 0.481 e. The van der Waals surface area contributed by atoms with Crippen molar-refractivity contribution in [2.45, 2.75) is 31.7 Å². The Kier molecular flexibility index (Phi) is 9.69. The van der Waals surface area contributed by atoms with Gasteiger partial charge in [-0.15, -0.1) is 0 Å². The highest BCUT2D eigenvalue weighted by molar-refractivity contribution is 7.98. The van der Waals surface area contributed by atoms with Crippen LogP contribution in [-0.2, 0) is 9.59 Å². The number of hydrogen-bond donors (Lipinski definition) is 4. The number of carbonyl (C=O) groups is 3. The maximum atomic E-state index is 11.3. The van der Waals surface area contributed by atoms with Crippen LogP contribution >= 0.6 is 11.8 Å². The van der Waals surface area contributed by atoms with Gasteiger partial charge in [-0.05, 0) is 24.9 Å². The van der Waals surface area contributed by atoms with Crippen molar-refractivity contribution in [3.63, 3.8) is 0 Å². The van der Waals surface area contributed by atoms with Gasteiger partial charge in [0.25, 0.3) is 0 Å². The molecule has 0 radical (unpaired) electrons. The fourth-order valence-corrected chi connectivity index (χ4v) is 1.83. The lowest BCUT2D eigenvalue weighted by Crippen LogP contribution is -2.47. The molecule has 2 amide bonds. The van der Waals surface area contributed by atoms with E-state index in [0.29, 0.717) is 6.54 Å². The van der Waals surface area contributed by atoms with Crippen molar-refractivity contribution in [3.05, 3.63) is 0 Å². The summed E-state index contributed by atoms with van der Waals surface area (Å²) >= 11 is 1.76. The average Bonchev–Trinajstić information content (AvgIpc) is 2.32. The van der Waals surface area contributed by atoms with E-state index in [1.54, 1.807) is 11.8 Å². The quantitative estimate of drug-likeness (QED) is 0.441. The molecule has 0 aliphatic heterocycles. The summed E-state index contributed by atoms with van der Waals surface area (Å²) < 4.78 is 0. The topological polar surface area (TPSA) is 116 Å². The summed E-state index contributed by atoms with van der Waals surface area (Å²) in [5.41, 5.74) is 0. The third kappa shape index (κ3) is 10.2. The second kappa shape index (κ2) is 10.5. The van der Waals surface area contributed by atoms with E-state index in [2.05, 4.69) is 10.6 Å². The smallest absolute Gasteiger partial charge is 0.326 e. The summed E-state index contributed by atoms with van der Waals surface area (Å²) in [5.74, 6) is -1.56. The highest BCUT2D eigenvalue weighted by atomic mass is 32.2. The van der Waals surface area contributed by atoms with Crippen molar-refractivity contribution < 1.29 is 24.6 Å². The number of aliphatic carboxylic acids is 2. The molecule has 0 heterocycles. The van der Waals surface area contributed by atoms with Crippen LogP contribution in [0.5, 0.6) is 0 Å². The van der Waals surface area contributed by atoms with Crippen molar-refractivity contribution in [3.8, 4) is 0 Å². The predicted molar refractivity (Wildman–Crippen MR) is 72.4 cm³/mol. The summed E-state index contributed by atoms with van der Waals surface area (Å²) in [6.45, 7) is 0.444. The molecule has 1 atom stereocenters. The molecular weight excluding hydrogens is 272 g/mol. The van der Waals surface area contributed by atoms with Crippen molar-refractivity contribution in [1.82, 2.24) is 10.6 Å². The second-order valence-electron chi connectivity index (χ2n) is 3.94. The molecule has 4 N–H and O–H groups in total. The number of carboxylic acid groups (broad SMARTS) is 2. The summed E-state index contributed by atoms with van der Waals surface area (Å²) in [7, 11) is 0. The van der Waals surface area contributed by atoms with Gasteiger partial charge in [-0.25, -0.2) is 9.59 Å². The minimum Gasteiger partial charge on any atom is -0.481 e.